The second-order valence-electron chi connectivity index (χ2n) is 8.86. The van der Waals surface area contributed by atoms with E-state index in [1.807, 2.05) is 29.2 Å². The minimum absolute atomic E-state index is 0.0183. The molecular formula is C24H35N3O5. The molecule has 0 radical (unpaired) electrons. The first-order chi connectivity index (χ1) is 15.2. The van der Waals surface area contributed by atoms with Gasteiger partial charge in [-0.3, -0.25) is 9.59 Å². The second kappa shape index (κ2) is 12.1. The predicted octanol–water partition coefficient (Wildman–Crippen LogP) is 2.98. The fourth-order valence-electron chi connectivity index (χ4n) is 3.35. The molecule has 0 saturated carbocycles. The first-order valence-corrected chi connectivity index (χ1v) is 11.0. The monoisotopic (exact) mass is 445 g/mol. The Kier molecular flexibility index (Phi) is 9.56. The van der Waals surface area contributed by atoms with Gasteiger partial charge in [-0.2, -0.15) is 0 Å². The highest BCUT2D eigenvalue weighted by Gasteiger charge is 2.23. The van der Waals surface area contributed by atoms with E-state index in [1.165, 1.54) is 6.08 Å². The molecule has 1 saturated heterocycles. The van der Waals surface area contributed by atoms with Crippen molar-refractivity contribution < 1.29 is 23.9 Å². The Hall–Kier alpha value is -3.03. The van der Waals surface area contributed by atoms with E-state index >= 15 is 0 Å². The van der Waals surface area contributed by atoms with E-state index in [4.69, 9.17) is 9.47 Å². The van der Waals surface area contributed by atoms with E-state index in [2.05, 4.69) is 10.6 Å². The van der Waals surface area contributed by atoms with Gasteiger partial charge < -0.3 is 25.0 Å². The Morgan fingerprint density at radius 2 is 1.88 bits per heavy atom. The first-order valence-electron chi connectivity index (χ1n) is 11.0. The third-order valence-electron chi connectivity index (χ3n) is 5.06. The van der Waals surface area contributed by atoms with Gasteiger partial charge in [-0.15, -0.1) is 0 Å². The zero-order valence-corrected chi connectivity index (χ0v) is 19.5. The van der Waals surface area contributed by atoms with Gasteiger partial charge in [-0.05, 0) is 63.3 Å². The van der Waals surface area contributed by atoms with Crippen molar-refractivity contribution in [3.05, 3.63) is 35.9 Å². The van der Waals surface area contributed by atoms with Gasteiger partial charge >= 0.3 is 6.09 Å². The fourth-order valence-corrected chi connectivity index (χ4v) is 3.35. The van der Waals surface area contributed by atoms with E-state index in [-0.39, 0.29) is 24.8 Å². The quantitative estimate of drug-likeness (QED) is 0.600. The zero-order valence-electron chi connectivity index (χ0n) is 19.5. The molecule has 0 aliphatic carbocycles. The van der Waals surface area contributed by atoms with Crippen LogP contribution in [0.25, 0.3) is 6.08 Å². The van der Waals surface area contributed by atoms with Crippen LogP contribution in [0.4, 0.5) is 4.79 Å². The van der Waals surface area contributed by atoms with E-state index < -0.39 is 11.7 Å². The number of ether oxygens (including phenoxy) is 2. The van der Waals surface area contributed by atoms with Crippen LogP contribution in [0, 0.1) is 5.92 Å². The van der Waals surface area contributed by atoms with Crippen molar-refractivity contribution in [2.75, 3.05) is 33.3 Å². The lowest BCUT2D eigenvalue weighted by atomic mass is 9.96. The molecule has 0 atom stereocenters. The molecule has 3 amide bonds. The summed E-state index contributed by atoms with van der Waals surface area (Å²) in [7, 11) is 1.61. The molecule has 0 aromatic heterocycles. The lowest BCUT2D eigenvalue weighted by molar-refractivity contribution is -0.132. The number of hydrogen-bond acceptors (Lipinski definition) is 5. The average Bonchev–Trinajstić information content (AvgIpc) is 2.75. The smallest absolute Gasteiger partial charge is 0.407 e. The molecule has 2 rings (SSSR count). The molecule has 0 bridgehead atoms. The van der Waals surface area contributed by atoms with Crippen molar-refractivity contribution in [2.24, 2.45) is 5.92 Å². The van der Waals surface area contributed by atoms with Gasteiger partial charge in [0.1, 0.15) is 11.4 Å². The Morgan fingerprint density at radius 1 is 1.16 bits per heavy atom. The van der Waals surface area contributed by atoms with Gasteiger partial charge in [0, 0.05) is 38.7 Å². The SMILES string of the molecule is COc1cccc(/C=C/C(=O)NCC2CCN(C(=O)CCNC(=O)OC(C)(C)C)CC2)c1. The summed E-state index contributed by atoms with van der Waals surface area (Å²) in [6.45, 7) is 7.54. The van der Waals surface area contributed by atoms with E-state index in [1.54, 1.807) is 34.0 Å². The highest BCUT2D eigenvalue weighted by molar-refractivity contribution is 5.91. The number of alkyl carbamates (subject to hydrolysis) is 1. The predicted molar refractivity (Wildman–Crippen MR) is 123 cm³/mol. The van der Waals surface area contributed by atoms with Crippen LogP contribution < -0.4 is 15.4 Å². The maximum absolute atomic E-state index is 12.3. The molecule has 1 aromatic carbocycles. The average molecular weight is 446 g/mol. The van der Waals surface area contributed by atoms with E-state index in [9.17, 15) is 14.4 Å². The third-order valence-corrected chi connectivity index (χ3v) is 5.06. The molecule has 1 aliphatic rings. The lowest BCUT2D eigenvalue weighted by Gasteiger charge is -2.32. The van der Waals surface area contributed by atoms with Crippen molar-refractivity contribution >= 4 is 24.0 Å². The number of hydrogen-bond donors (Lipinski definition) is 2. The molecular weight excluding hydrogens is 410 g/mol. The number of nitrogens with zero attached hydrogens (tertiary/aromatic N) is 1. The maximum Gasteiger partial charge on any atom is 0.407 e. The lowest BCUT2D eigenvalue weighted by Crippen LogP contribution is -2.42. The molecule has 1 fully saturated rings. The van der Waals surface area contributed by atoms with Gasteiger partial charge in [-0.1, -0.05) is 12.1 Å². The zero-order chi connectivity index (χ0) is 23.6. The number of carbonyl (C=O) groups is 3. The summed E-state index contributed by atoms with van der Waals surface area (Å²) in [6.07, 6.45) is 4.68. The normalized spacial score (nSPS) is 14.8. The van der Waals surface area contributed by atoms with E-state index in [0.29, 0.717) is 25.6 Å². The number of carbonyl (C=O) groups excluding carboxylic acids is 3. The number of methoxy groups -OCH3 is 1. The fraction of sp³-hybridized carbons (Fsp3) is 0.542. The summed E-state index contributed by atoms with van der Waals surface area (Å²) in [4.78, 5) is 37.9. The van der Waals surface area contributed by atoms with Crippen LogP contribution in [0.5, 0.6) is 5.75 Å². The minimum atomic E-state index is -0.559. The molecule has 176 valence electrons. The first kappa shape index (κ1) is 25.2. The van der Waals surface area contributed by atoms with Crippen molar-refractivity contribution in [3.8, 4) is 5.75 Å². The summed E-state index contributed by atoms with van der Waals surface area (Å²) in [6, 6.07) is 7.49. The second-order valence-corrected chi connectivity index (χ2v) is 8.86. The molecule has 1 aliphatic heterocycles. The maximum atomic E-state index is 12.3. The Balaban J connectivity index is 1.64. The van der Waals surface area contributed by atoms with E-state index in [0.717, 1.165) is 24.2 Å². The van der Waals surface area contributed by atoms with Crippen LogP contribution in [0.2, 0.25) is 0 Å². The molecule has 32 heavy (non-hydrogen) atoms. The van der Waals surface area contributed by atoms with Crippen molar-refractivity contribution in [2.45, 2.75) is 45.6 Å². The molecule has 8 heteroatoms. The van der Waals surface area contributed by atoms with Crippen LogP contribution in [0.3, 0.4) is 0 Å². The van der Waals surface area contributed by atoms with Crippen LogP contribution >= 0.6 is 0 Å². The van der Waals surface area contributed by atoms with Crippen molar-refractivity contribution in [3.63, 3.8) is 0 Å². The summed E-state index contributed by atoms with van der Waals surface area (Å²) in [5.41, 5.74) is 0.337. The Morgan fingerprint density at radius 3 is 2.53 bits per heavy atom. The summed E-state index contributed by atoms with van der Waals surface area (Å²) >= 11 is 0. The highest BCUT2D eigenvalue weighted by Crippen LogP contribution is 2.17. The topological polar surface area (TPSA) is 97.0 Å². The van der Waals surface area contributed by atoms with Crippen molar-refractivity contribution in [1.82, 2.24) is 15.5 Å². The van der Waals surface area contributed by atoms with Gasteiger partial charge in [0.25, 0.3) is 0 Å². The van der Waals surface area contributed by atoms with Crippen LogP contribution in [0.15, 0.2) is 30.3 Å². The number of benzene rings is 1. The van der Waals surface area contributed by atoms with Gasteiger partial charge in [-0.25, -0.2) is 4.79 Å². The van der Waals surface area contributed by atoms with Crippen LogP contribution in [0.1, 0.15) is 45.6 Å². The summed E-state index contributed by atoms with van der Waals surface area (Å²) < 4.78 is 10.3. The number of rotatable bonds is 8. The Bertz CT molecular complexity index is 808. The molecule has 8 nitrogen and oxygen atoms in total. The van der Waals surface area contributed by atoms with Gasteiger partial charge in [0.05, 0.1) is 7.11 Å². The molecule has 1 heterocycles. The molecule has 1 aromatic rings. The molecule has 0 spiro atoms. The van der Waals surface area contributed by atoms with Crippen molar-refractivity contribution in [1.29, 1.82) is 0 Å². The highest BCUT2D eigenvalue weighted by atomic mass is 16.6. The number of piperidine rings is 1. The molecule has 2 N–H and O–H groups in total. The Labute approximate surface area is 190 Å². The largest absolute Gasteiger partial charge is 0.497 e. The van der Waals surface area contributed by atoms with Crippen LogP contribution in [-0.2, 0) is 14.3 Å². The number of likely N-dealkylation sites (tertiary alicyclic amines) is 1. The van der Waals surface area contributed by atoms with Gasteiger partial charge in [0.2, 0.25) is 11.8 Å². The number of nitrogens with one attached hydrogen (secondary N) is 2. The summed E-state index contributed by atoms with van der Waals surface area (Å²) in [5.74, 6) is 0.965. The standard InChI is InChI=1S/C24H35N3O5/c1-24(2,3)32-23(30)25-13-10-22(29)27-14-11-19(12-15-27)17-26-21(28)9-8-18-6-5-7-20(16-18)31-4/h5-9,16,19H,10-15,17H2,1-4H3,(H,25,30)(H,26,28)/b9-8+. The van der Waals surface area contributed by atoms with Crippen LogP contribution in [-0.4, -0.2) is 61.7 Å². The van der Waals surface area contributed by atoms with Gasteiger partial charge in [0.15, 0.2) is 0 Å². The number of amides is 3. The third kappa shape index (κ3) is 9.41. The minimum Gasteiger partial charge on any atom is -0.497 e. The summed E-state index contributed by atoms with van der Waals surface area (Å²) in [5, 5.41) is 5.55. The molecule has 0 unspecified atom stereocenters.